The lowest BCUT2D eigenvalue weighted by molar-refractivity contribution is 0.847. The molecule has 20 heavy (non-hydrogen) atoms. The van der Waals surface area contributed by atoms with Gasteiger partial charge in [0.15, 0.2) is 0 Å². The molecule has 3 rings (SSSR count). The fraction of sp³-hybridized carbons (Fsp3) is 1.00. The molecule has 0 aromatic rings. The summed E-state index contributed by atoms with van der Waals surface area (Å²) < 4.78 is 20.0. The average molecular weight is 339 g/mol. The van der Waals surface area contributed by atoms with Crippen molar-refractivity contribution in [1.29, 1.82) is 0 Å². The van der Waals surface area contributed by atoms with Gasteiger partial charge in [-0.25, -0.2) is 9.34 Å². The minimum atomic E-state index is -2.11. The van der Waals surface area contributed by atoms with E-state index in [1.807, 2.05) is 28.2 Å². The Balaban J connectivity index is 2.24. The molecule has 0 aromatic heterocycles. The second-order valence-electron chi connectivity index (χ2n) is 4.81. The molecule has 2 saturated heterocycles. The van der Waals surface area contributed by atoms with E-state index in [9.17, 15) is 0 Å². The molecule has 116 valence electrons. The van der Waals surface area contributed by atoms with Crippen LogP contribution in [0.4, 0.5) is 0 Å². The Hall–Kier alpha value is 0.450. The van der Waals surface area contributed by atoms with Crippen molar-refractivity contribution in [2.24, 2.45) is 13.5 Å². The molecule has 0 amide bonds. The molecule has 4 N–H and O–H groups in total. The van der Waals surface area contributed by atoms with Gasteiger partial charge in [-0.15, -0.1) is 0 Å². The topological polar surface area (TPSA) is 91.2 Å². The Kier molecular flexibility index (Phi) is 4.04. The maximum atomic E-state index is 5.16. The number of hydrogen-bond donors (Lipinski definition) is 4. The van der Waals surface area contributed by atoms with E-state index < -0.39 is 22.5 Å². The van der Waals surface area contributed by atoms with Gasteiger partial charge in [0.1, 0.15) is 0 Å². The predicted octanol–water partition coefficient (Wildman–Crippen LogP) is 1.35. The SMILES string of the molecule is CNP1(NC)=N[P@@](NC)(N2CC2)=NP(NC)(N2CC2)=N1. The van der Waals surface area contributed by atoms with E-state index in [2.05, 4.69) is 29.7 Å². The van der Waals surface area contributed by atoms with Gasteiger partial charge >= 0.3 is 0 Å². The van der Waals surface area contributed by atoms with Crippen LogP contribution in [0.5, 0.6) is 0 Å². The Bertz CT molecular complexity index is 534. The summed E-state index contributed by atoms with van der Waals surface area (Å²) in [4.78, 5) is 0. The molecule has 2 atom stereocenters. The highest BCUT2D eigenvalue weighted by Crippen LogP contribution is 2.76. The van der Waals surface area contributed by atoms with Crippen molar-refractivity contribution in [3.05, 3.63) is 0 Å². The molecule has 0 aromatic carbocycles. The summed E-state index contributed by atoms with van der Waals surface area (Å²) in [7, 11) is 1.64. The minimum absolute atomic E-state index is 1.07. The highest BCUT2D eigenvalue weighted by molar-refractivity contribution is 7.83. The zero-order valence-corrected chi connectivity index (χ0v) is 15.1. The van der Waals surface area contributed by atoms with E-state index in [1.54, 1.807) is 0 Å². The van der Waals surface area contributed by atoms with Crippen LogP contribution < -0.4 is 20.3 Å². The lowest BCUT2D eigenvalue weighted by atomic mass is 11.0. The van der Waals surface area contributed by atoms with E-state index in [0.29, 0.717) is 0 Å². The van der Waals surface area contributed by atoms with Crippen molar-refractivity contribution >= 4 is 22.5 Å². The van der Waals surface area contributed by atoms with Crippen molar-refractivity contribution in [3.8, 4) is 0 Å². The maximum Gasteiger partial charge on any atom is 0.218 e. The largest absolute Gasteiger partial charge is 0.257 e. The Morgan fingerprint density at radius 2 is 1.10 bits per heavy atom. The Morgan fingerprint density at radius 3 is 1.45 bits per heavy atom. The fourth-order valence-electron chi connectivity index (χ4n) is 2.21. The molecule has 3 aliphatic heterocycles. The van der Waals surface area contributed by atoms with Gasteiger partial charge in [0, 0.05) is 26.2 Å². The molecule has 9 nitrogen and oxygen atoms in total. The predicted molar refractivity (Wildman–Crippen MR) is 87.4 cm³/mol. The van der Waals surface area contributed by atoms with Crippen molar-refractivity contribution < 1.29 is 0 Å². The highest BCUT2D eigenvalue weighted by atomic mass is 31.3. The molecule has 2 fully saturated rings. The van der Waals surface area contributed by atoms with Crippen molar-refractivity contribution in [2.45, 2.75) is 0 Å². The van der Waals surface area contributed by atoms with Gasteiger partial charge in [-0.3, -0.25) is 20.3 Å². The van der Waals surface area contributed by atoms with Crippen LogP contribution in [0.3, 0.4) is 0 Å². The van der Waals surface area contributed by atoms with Gasteiger partial charge in [0.25, 0.3) is 0 Å². The van der Waals surface area contributed by atoms with Crippen LogP contribution in [-0.4, -0.2) is 63.7 Å². The molecule has 1 unspecified atom stereocenters. The fourth-order valence-corrected chi connectivity index (χ4v) is 14.6. The average Bonchev–Trinajstić information content (AvgIpc) is 3.35. The molecule has 0 spiro atoms. The van der Waals surface area contributed by atoms with Crippen LogP contribution in [0.1, 0.15) is 0 Å². The first-order valence-corrected chi connectivity index (χ1v) is 11.7. The number of hydrogen-bond acceptors (Lipinski definition) is 9. The summed E-state index contributed by atoms with van der Waals surface area (Å²) in [6.07, 6.45) is 0. The summed E-state index contributed by atoms with van der Waals surface area (Å²) >= 11 is 0. The second kappa shape index (κ2) is 5.27. The molecular formula is C8H24N9P3. The summed E-state index contributed by atoms with van der Waals surface area (Å²) in [6.45, 7) is 4.27. The summed E-state index contributed by atoms with van der Waals surface area (Å²) in [5.41, 5.74) is 0. The van der Waals surface area contributed by atoms with Crippen molar-refractivity contribution in [1.82, 2.24) is 29.7 Å². The summed E-state index contributed by atoms with van der Waals surface area (Å²) in [5, 5.41) is 13.5. The van der Waals surface area contributed by atoms with Gasteiger partial charge in [0.05, 0.1) is 0 Å². The van der Waals surface area contributed by atoms with Gasteiger partial charge in [0.2, 0.25) is 22.5 Å². The molecule has 0 bridgehead atoms. The normalized spacial score (nSPS) is 39.6. The van der Waals surface area contributed by atoms with E-state index in [0.717, 1.165) is 26.2 Å². The minimum Gasteiger partial charge on any atom is -0.257 e. The second-order valence-corrected chi connectivity index (χ2v) is 13.4. The zero-order valence-electron chi connectivity index (χ0n) is 12.4. The number of rotatable bonds is 6. The molecule has 3 heterocycles. The molecule has 0 radical (unpaired) electrons. The van der Waals surface area contributed by atoms with E-state index in [1.165, 1.54) is 0 Å². The third kappa shape index (κ3) is 2.39. The monoisotopic (exact) mass is 339 g/mol. The molecule has 0 saturated carbocycles. The summed E-state index contributed by atoms with van der Waals surface area (Å²) in [6, 6.07) is 0. The Labute approximate surface area is 120 Å². The summed E-state index contributed by atoms with van der Waals surface area (Å²) in [5.74, 6) is 0. The van der Waals surface area contributed by atoms with E-state index in [4.69, 9.17) is 13.5 Å². The Morgan fingerprint density at radius 1 is 0.650 bits per heavy atom. The first-order valence-electron chi connectivity index (χ1n) is 6.76. The van der Waals surface area contributed by atoms with Crippen LogP contribution in [-0.2, 0) is 0 Å². The molecule has 12 heteroatoms. The van der Waals surface area contributed by atoms with Crippen LogP contribution in [0, 0.1) is 0 Å². The third-order valence-corrected chi connectivity index (χ3v) is 14.5. The van der Waals surface area contributed by atoms with Gasteiger partial charge in [-0.2, -0.15) is 13.5 Å². The molecule has 3 aliphatic rings. The quantitative estimate of drug-likeness (QED) is 0.431. The molecular weight excluding hydrogens is 315 g/mol. The van der Waals surface area contributed by atoms with Gasteiger partial charge < -0.3 is 0 Å². The van der Waals surface area contributed by atoms with Crippen LogP contribution >= 0.6 is 22.5 Å². The third-order valence-electron chi connectivity index (χ3n) is 3.62. The highest BCUT2D eigenvalue weighted by Gasteiger charge is 2.46. The van der Waals surface area contributed by atoms with Crippen molar-refractivity contribution in [3.63, 3.8) is 0 Å². The number of nitrogens with one attached hydrogen (secondary N) is 4. The first-order chi connectivity index (χ1) is 9.57. The first kappa shape index (κ1) is 15.3. The zero-order chi connectivity index (χ0) is 14.4. The lowest BCUT2D eigenvalue weighted by Crippen LogP contribution is -2.22. The lowest BCUT2D eigenvalue weighted by Gasteiger charge is -2.36. The standard InChI is InChI=1S/C8H24N9P3/c1-9-18(10-2)13-19(11-3,16-5-6-16)15-20(12-4,14-18)17-7-8-17/h9-12H,5-8H2,1-4H3/t19-,20?/m1/s1. The van der Waals surface area contributed by atoms with Gasteiger partial charge in [-0.05, 0) is 28.2 Å². The van der Waals surface area contributed by atoms with E-state index >= 15 is 0 Å². The smallest absolute Gasteiger partial charge is 0.218 e. The van der Waals surface area contributed by atoms with Crippen LogP contribution in [0.25, 0.3) is 0 Å². The van der Waals surface area contributed by atoms with Crippen LogP contribution in [0.15, 0.2) is 13.5 Å². The number of nitrogens with zero attached hydrogens (tertiary/aromatic N) is 5. The van der Waals surface area contributed by atoms with Crippen molar-refractivity contribution in [2.75, 3.05) is 54.4 Å². The van der Waals surface area contributed by atoms with Crippen LogP contribution in [0.2, 0.25) is 0 Å². The van der Waals surface area contributed by atoms with Gasteiger partial charge in [-0.1, -0.05) is 0 Å². The maximum absolute atomic E-state index is 5.16. The van der Waals surface area contributed by atoms with E-state index in [-0.39, 0.29) is 0 Å². The molecule has 0 aliphatic carbocycles.